The molecule has 0 radical (unpaired) electrons. The SMILES string of the molecule is CN1C=C(Cl)C=NC1. The van der Waals surface area contributed by atoms with Gasteiger partial charge in [-0.15, -0.1) is 0 Å². The summed E-state index contributed by atoms with van der Waals surface area (Å²) in [6, 6.07) is 0. The Morgan fingerprint density at radius 1 is 1.88 bits per heavy atom. The van der Waals surface area contributed by atoms with Crippen LogP contribution < -0.4 is 0 Å². The molecule has 0 bridgehead atoms. The first-order chi connectivity index (χ1) is 3.79. The highest BCUT2D eigenvalue weighted by Gasteiger charge is 1.95. The third-order valence-electron chi connectivity index (χ3n) is 0.863. The minimum Gasteiger partial charge on any atom is -0.360 e. The normalized spacial score (nSPS) is 18.8. The van der Waals surface area contributed by atoms with Crippen molar-refractivity contribution in [2.24, 2.45) is 4.99 Å². The largest absolute Gasteiger partial charge is 0.360 e. The van der Waals surface area contributed by atoms with E-state index < -0.39 is 0 Å². The zero-order valence-electron chi connectivity index (χ0n) is 4.63. The Kier molecular flexibility index (Phi) is 1.53. The van der Waals surface area contributed by atoms with Crippen molar-refractivity contribution in [3.05, 3.63) is 11.2 Å². The second kappa shape index (κ2) is 2.18. The quantitative estimate of drug-likeness (QED) is 0.479. The molecule has 0 aromatic heterocycles. The van der Waals surface area contributed by atoms with Gasteiger partial charge in [0.05, 0.1) is 5.03 Å². The average Bonchev–Trinajstić information content (AvgIpc) is 1.64. The molecule has 44 valence electrons. The summed E-state index contributed by atoms with van der Waals surface area (Å²) >= 11 is 5.58. The van der Waals surface area contributed by atoms with Crippen LogP contribution in [0.3, 0.4) is 0 Å². The van der Waals surface area contributed by atoms with Gasteiger partial charge in [-0.05, 0) is 0 Å². The van der Waals surface area contributed by atoms with Crippen LogP contribution >= 0.6 is 11.6 Å². The van der Waals surface area contributed by atoms with E-state index in [1.165, 1.54) is 0 Å². The predicted molar refractivity (Wildman–Crippen MR) is 35.1 cm³/mol. The summed E-state index contributed by atoms with van der Waals surface area (Å²) in [5.41, 5.74) is 0. The van der Waals surface area contributed by atoms with Crippen molar-refractivity contribution in [1.82, 2.24) is 4.90 Å². The zero-order chi connectivity index (χ0) is 5.98. The molecule has 0 spiro atoms. The number of allylic oxidation sites excluding steroid dienone is 1. The van der Waals surface area contributed by atoms with E-state index in [-0.39, 0.29) is 0 Å². The standard InChI is InChI=1S/C5H7ClN2/c1-8-3-5(6)2-7-4-8/h2-3H,4H2,1H3. The molecule has 0 N–H and O–H groups in total. The first-order valence-electron chi connectivity index (χ1n) is 2.36. The zero-order valence-corrected chi connectivity index (χ0v) is 5.39. The van der Waals surface area contributed by atoms with E-state index in [2.05, 4.69) is 4.99 Å². The van der Waals surface area contributed by atoms with E-state index in [1.807, 2.05) is 18.1 Å². The molecule has 8 heavy (non-hydrogen) atoms. The van der Waals surface area contributed by atoms with Gasteiger partial charge in [-0.1, -0.05) is 11.6 Å². The van der Waals surface area contributed by atoms with Gasteiger partial charge in [-0.2, -0.15) is 0 Å². The van der Waals surface area contributed by atoms with E-state index >= 15 is 0 Å². The maximum atomic E-state index is 5.58. The Bertz CT molecular complexity index is 139. The number of nitrogens with zero attached hydrogens (tertiary/aromatic N) is 2. The van der Waals surface area contributed by atoms with Gasteiger partial charge < -0.3 is 4.90 Å². The van der Waals surface area contributed by atoms with Gasteiger partial charge in [0, 0.05) is 19.5 Å². The van der Waals surface area contributed by atoms with Crippen molar-refractivity contribution in [3.63, 3.8) is 0 Å². The van der Waals surface area contributed by atoms with Crippen LogP contribution in [0.4, 0.5) is 0 Å². The smallest absolute Gasteiger partial charge is 0.109 e. The van der Waals surface area contributed by atoms with Crippen LogP contribution in [0.1, 0.15) is 0 Å². The summed E-state index contributed by atoms with van der Waals surface area (Å²) in [5, 5.41) is 0.693. The maximum Gasteiger partial charge on any atom is 0.109 e. The number of rotatable bonds is 0. The van der Waals surface area contributed by atoms with Crippen molar-refractivity contribution in [3.8, 4) is 0 Å². The predicted octanol–water partition coefficient (Wildman–Crippen LogP) is 1.04. The van der Waals surface area contributed by atoms with E-state index in [0.717, 1.165) is 6.67 Å². The molecule has 0 unspecified atom stereocenters. The molecule has 0 amide bonds. The molecule has 1 rings (SSSR count). The van der Waals surface area contributed by atoms with Crippen molar-refractivity contribution in [1.29, 1.82) is 0 Å². The summed E-state index contributed by atoms with van der Waals surface area (Å²) in [6.07, 6.45) is 3.50. The minimum atomic E-state index is 0.693. The van der Waals surface area contributed by atoms with Crippen molar-refractivity contribution >= 4 is 17.8 Å². The lowest BCUT2D eigenvalue weighted by atomic mass is 10.5. The summed E-state index contributed by atoms with van der Waals surface area (Å²) in [7, 11) is 1.93. The molecule has 1 heterocycles. The van der Waals surface area contributed by atoms with Crippen LogP contribution in [0.2, 0.25) is 0 Å². The fourth-order valence-corrected chi connectivity index (χ4v) is 0.777. The van der Waals surface area contributed by atoms with Crippen LogP contribution in [0, 0.1) is 0 Å². The van der Waals surface area contributed by atoms with Crippen molar-refractivity contribution in [2.45, 2.75) is 0 Å². The number of aliphatic imine (C=N–C) groups is 1. The molecule has 0 atom stereocenters. The molecule has 2 nitrogen and oxygen atoms in total. The van der Waals surface area contributed by atoms with E-state index in [4.69, 9.17) is 11.6 Å². The van der Waals surface area contributed by atoms with Crippen molar-refractivity contribution in [2.75, 3.05) is 13.7 Å². The Labute approximate surface area is 53.5 Å². The first-order valence-corrected chi connectivity index (χ1v) is 2.74. The molecular formula is C5H7ClN2. The monoisotopic (exact) mass is 130 g/mol. The number of halogens is 1. The number of hydrogen-bond donors (Lipinski definition) is 0. The molecular weight excluding hydrogens is 124 g/mol. The summed E-state index contributed by atoms with van der Waals surface area (Å²) in [4.78, 5) is 5.86. The summed E-state index contributed by atoms with van der Waals surface area (Å²) < 4.78 is 0. The van der Waals surface area contributed by atoms with Gasteiger partial charge >= 0.3 is 0 Å². The molecule has 0 fully saturated rings. The second-order valence-electron chi connectivity index (χ2n) is 1.72. The highest BCUT2D eigenvalue weighted by atomic mass is 35.5. The van der Waals surface area contributed by atoms with Gasteiger partial charge in [-0.3, -0.25) is 4.99 Å². The molecule has 0 aromatic rings. The second-order valence-corrected chi connectivity index (χ2v) is 2.16. The maximum absolute atomic E-state index is 5.58. The van der Waals surface area contributed by atoms with E-state index in [9.17, 15) is 0 Å². The minimum absolute atomic E-state index is 0.693. The fourth-order valence-electron chi connectivity index (χ4n) is 0.542. The molecule has 1 aliphatic heterocycles. The molecule has 0 aromatic carbocycles. The van der Waals surface area contributed by atoms with Gasteiger partial charge in [0.25, 0.3) is 0 Å². The molecule has 1 aliphatic rings. The Morgan fingerprint density at radius 3 is 3.00 bits per heavy atom. The van der Waals surface area contributed by atoms with Gasteiger partial charge in [-0.25, -0.2) is 0 Å². The van der Waals surface area contributed by atoms with Crippen LogP contribution in [0.15, 0.2) is 16.2 Å². The lowest BCUT2D eigenvalue weighted by Gasteiger charge is -2.13. The third-order valence-corrected chi connectivity index (χ3v) is 1.06. The van der Waals surface area contributed by atoms with Gasteiger partial charge in [0.15, 0.2) is 0 Å². The van der Waals surface area contributed by atoms with E-state index in [1.54, 1.807) is 6.21 Å². The average molecular weight is 131 g/mol. The van der Waals surface area contributed by atoms with E-state index in [0.29, 0.717) is 5.03 Å². The van der Waals surface area contributed by atoms with Gasteiger partial charge in [0.2, 0.25) is 0 Å². The summed E-state index contributed by atoms with van der Waals surface area (Å²) in [6.45, 7) is 0.718. The Balaban J connectivity index is 2.63. The summed E-state index contributed by atoms with van der Waals surface area (Å²) in [5.74, 6) is 0. The molecule has 0 saturated carbocycles. The topological polar surface area (TPSA) is 15.6 Å². The third kappa shape index (κ3) is 1.23. The Hall–Kier alpha value is -0.500. The van der Waals surface area contributed by atoms with Crippen LogP contribution in [0.25, 0.3) is 0 Å². The molecule has 3 heteroatoms. The lowest BCUT2D eigenvalue weighted by Crippen LogP contribution is -2.14. The van der Waals surface area contributed by atoms with Crippen LogP contribution in [-0.2, 0) is 0 Å². The van der Waals surface area contributed by atoms with Crippen LogP contribution in [0.5, 0.6) is 0 Å². The highest BCUT2D eigenvalue weighted by Crippen LogP contribution is 2.03. The van der Waals surface area contributed by atoms with Gasteiger partial charge in [0.1, 0.15) is 6.67 Å². The molecule has 0 saturated heterocycles. The Morgan fingerprint density at radius 2 is 2.62 bits per heavy atom. The lowest BCUT2D eigenvalue weighted by molar-refractivity contribution is 0.469. The fraction of sp³-hybridized carbons (Fsp3) is 0.400. The molecule has 0 aliphatic carbocycles. The number of hydrogen-bond acceptors (Lipinski definition) is 2. The highest BCUT2D eigenvalue weighted by molar-refractivity contribution is 6.39. The van der Waals surface area contributed by atoms with Crippen molar-refractivity contribution < 1.29 is 0 Å². The van der Waals surface area contributed by atoms with Crippen LogP contribution in [-0.4, -0.2) is 24.8 Å². The first kappa shape index (κ1) is 5.63.